The molecule has 0 aliphatic carbocycles. The Hall–Kier alpha value is -0.630. The highest BCUT2D eigenvalue weighted by Crippen LogP contribution is 2.26. The van der Waals surface area contributed by atoms with Gasteiger partial charge in [-0.15, -0.1) is 0 Å². The predicted octanol–water partition coefficient (Wildman–Crippen LogP) is 0.999. The van der Waals surface area contributed by atoms with Gasteiger partial charge in [0, 0.05) is 16.7 Å². The first-order valence-electron chi connectivity index (χ1n) is 4.97. The summed E-state index contributed by atoms with van der Waals surface area (Å²) in [4.78, 5) is 0.116. The number of nitrogens with two attached hydrogens (primary N) is 1. The summed E-state index contributed by atoms with van der Waals surface area (Å²) in [5.74, 6) is 0. The minimum absolute atomic E-state index is 0.0335. The van der Waals surface area contributed by atoms with Gasteiger partial charge in [-0.05, 0) is 31.5 Å². The highest BCUT2D eigenvalue weighted by atomic mass is 79.9. The second-order valence-electron chi connectivity index (χ2n) is 3.82. The minimum Gasteiger partial charge on any atom is -0.398 e. The standard InChI is InChI=1S/C10H15BrN2O3S/c1-6(14)5-13-17(15,16)10-4-8(11)3-9(12)7(10)2/h3-4,6,13-14H,5,12H2,1-2H3. The van der Waals surface area contributed by atoms with Crippen LogP contribution in [0.25, 0.3) is 0 Å². The van der Waals surface area contributed by atoms with Crippen LogP contribution in [0.1, 0.15) is 12.5 Å². The first kappa shape index (κ1) is 14.4. The van der Waals surface area contributed by atoms with Crippen LogP contribution in [-0.4, -0.2) is 26.2 Å². The van der Waals surface area contributed by atoms with E-state index in [1.165, 1.54) is 13.0 Å². The van der Waals surface area contributed by atoms with Gasteiger partial charge >= 0.3 is 0 Å². The number of nitrogens with one attached hydrogen (secondary N) is 1. The quantitative estimate of drug-likeness (QED) is 0.721. The first-order valence-corrected chi connectivity index (χ1v) is 7.25. The molecule has 0 fully saturated rings. The van der Waals surface area contributed by atoms with E-state index in [1.807, 2.05) is 0 Å². The number of benzene rings is 1. The van der Waals surface area contributed by atoms with Crippen molar-refractivity contribution in [2.75, 3.05) is 12.3 Å². The fourth-order valence-electron chi connectivity index (χ4n) is 1.26. The maximum absolute atomic E-state index is 12.0. The zero-order chi connectivity index (χ0) is 13.2. The lowest BCUT2D eigenvalue weighted by Crippen LogP contribution is -2.31. The monoisotopic (exact) mass is 322 g/mol. The molecule has 7 heteroatoms. The summed E-state index contributed by atoms with van der Waals surface area (Å²) in [6, 6.07) is 3.12. The van der Waals surface area contributed by atoms with Gasteiger partial charge in [0.25, 0.3) is 0 Å². The lowest BCUT2D eigenvalue weighted by molar-refractivity contribution is 0.198. The molecule has 0 aromatic heterocycles. The van der Waals surface area contributed by atoms with Crippen LogP contribution in [0.3, 0.4) is 0 Å². The fourth-order valence-corrected chi connectivity index (χ4v) is 3.31. The van der Waals surface area contributed by atoms with Crippen LogP contribution in [0.5, 0.6) is 0 Å². The summed E-state index contributed by atoms with van der Waals surface area (Å²) in [5.41, 5.74) is 6.59. The normalized spacial score (nSPS) is 13.6. The van der Waals surface area contributed by atoms with Crippen LogP contribution in [0.15, 0.2) is 21.5 Å². The van der Waals surface area contributed by atoms with Crippen molar-refractivity contribution in [2.24, 2.45) is 0 Å². The summed E-state index contributed by atoms with van der Waals surface area (Å²) < 4.78 is 26.8. The Morgan fingerprint density at radius 1 is 1.53 bits per heavy atom. The summed E-state index contributed by atoms with van der Waals surface area (Å²) >= 11 is 3.20. The van der Waals surface area contributed by atoms with Crippen molar-refractivity contribution in [1.82, 2.24) is 4.72 Å². The van der Waals surface area contributed by atoms with E-state index in [-0.39, 0.29) is 11.4 Å². The molecule has 0 heterocycles. The third kappa shape index (κ3) is 3.67. The van der Waals surface area contributed by atoms with E-state index < -0.39 is 16.1 Å². The number of hydrogen-bond acceptors (Lipinski definition) is 4. The molecule has 0 amide bonds. The van der Waals surface area contributed by atoms with Gasteiger partial charge in [0.05, 0.1) is 11.0 Å². The topological polar surface area (TPSA) is 92.4 Å². The molecule has 1 atom stereocenters. The summed E-state index contributed by atoms with van der Waals surface area (Å²) in [6.07, 6.45) is -0.741. The van der Waals surface area contributed by atoms with Gasteiger partial charge in [0.1, 0.15) is 0 Å². The van der Waals surface area contributed by atoms with Crippen molar-refractivity contribution >= 4 is 31.6 Å². The number of hydrogen-bond donors (Lipinski definition) is 3. The summed E-state index contributed by atoms with van der Waals surface area (Å²) in [6.45, 7) is 3.11. The Labute approximate surface area is 109 Å². The molecule has 0 saturated heterocycles. The molecule has 0 saturated carbocycles. The molecule has 0 aliphatic heterocycles. The average Bonchev–Trinajstić information content (AvgIpc) is 2.20. The van der Waals surface area contributed by atoms with Gasteiger partial charge in [-0.1, -0.05) is 15.9 Å². The van der Waals surface area contributed by atoms with Crippen molar-refractivity contribution in [3.8, 4) is 0 Å². The summed E-state index contributed by atoms with van der Waals surface area (Å²) in [5, 5.41) is 9.08. The van der Waals surface area contributed by atoms with Crippen molar-refractivity contribution in [2.45, 2.75) is 24.8 Å². The van der Waals surface area contributed by atoms with E-state index in [1.54, 1.807) is 13.0 Å². The van der Waals surface area contributed by atoms with Crippen molar-refractivity contribution in [3.63, 3.8) is 0 Å². The molecule has 1 aromatic rings. The molecule has 1 rings (SSSR count). The Kier molecular flexibility index (Phi) is 4.54. The van der Waals surface area contributed by atoms with E-state index in [0.717, 1.165) is 0 Å². The van der Waals surface area contributed by atoms with Gasteiger partial charge < -0.3 is 10.8 Å². The molecule has 96 valence electrons. The fraction of sp³-hybridized carbons (Fsp3) is 0.400. The zero-order valence-electron chi connectivity index (χ0n) is 9.57. The molecule has 0 aliphatic rings. The van der Waals surface area contributed by atoms with E-state index in [4.69, 9.17) is 10.8 Å². The number of aliphatic hydroxyl groups excluding tert-OH is 1. The minimum atomic E-state index is -3.65. The largest absolute Gasteiger partial charge is 0.398 e. The SMILES string of the molecule is Cc1c(N)cc(Br)cc1S(=O)(=O)NCC(C)O. The highest BCUT2D eigenvalue weighted by molar-refractivity contribution is 9.10. The molecular weight excluding hydrogens is 308 g/mol. The second-order valence-corrected chi connectivity index (χ2v) is 6.47. The third-order valence-electron chi connectivity index (χ3n) is 2.22. The number of halogens is 1. The van der Waals surface area contributed by atoms with Crippen molar-refractivity contribution in [3.05, 3.63) is 22.2 Å². The Morgan fingerprint density at radius 3 is 2.65 bits per heavy atom. The van der Waals surface area contributed by atoms with Crippen molar-refractivity contribution < 1.29 is 13.5 Å². The highest BCUT2D eigenvalue weighted by Gasteiger charge is 2.19. The van der Waals surface area contributed by atoms with Crippen LogP contribution in [0.2, 0.25) is 0 Å². The van der Waals surface area contributed by atoms with E-state index >= 15 is 0 Å². The van der Waals surface area contributed by atoms with E-state index in [0.29, 0.717) is 15.7 Å². The van der Waals surface area contributed by atoms with Crippen LogP contribution in [-0.2, 0) is 10.0 Å². The molecule has 17 heavy (non-hydrogen) atoms. The smallest absolute Gasteiger partial charge is 0.241 e. The molecule has 0 spiro atoms. The number of aliphatic hydroxyl groups is 1. The van der Waals surface area contributed by atoms with Gasteiger partial charge in [-0.25, -0.2) is 13.1 Å². The molecule has 4 N–H and O–H groups in total. The molecule has 5 nitrogen and oxygen atoms in total. The number of rotatable bonds is 4. The molecule has 0 bridgehead atoms. The predicted molar refractivity (Wildman–Crippen MR) is 70.2 cm³/mol. The van der Waals surface area contributed by atoms with E-state index in [9.17, 15) is 8.42 Å². The molecule has 0 radical (unpaired) electrons. The lowest BCUT2D eigenvalue weighted by Gasteiger charge is -2.12. The van der Waals surface area contributed by atoms with Crippen LogP contribution in [0, 0.1) is 6.92 Å². The van der Waals surface area contributed by atoms with Gasteiger partial charge in [-0.3, -0.25) is 0 Å². The van der Waals surface area contributed by atoms with Gasteiger partial charge in [-0.2, -0.15) is 0 Å². The maximum atomic E-state index is 12.0. The van der Waals surface area contributed by atoms with Crippen LogP contribution >= 0.6 is 15.9 Å². The van der Waals surface area contributed by atoms with Gasteiger partial charge in [0.15, 0.2) is 0 Å². The van der Waals surface area contributed by atoms with Crippen LogP contribution < -0.4 is 10.5 Å². The van der Waals surface area contributed by atoms with Crippen molar-refractivity contribution in [1.29, 1.82) is 0 Å². The lowest BCUT2D eigenvalue weighted by atomic mass is 10.2. The van der Waals surface area contributed by atoms with Gasteiger partial charge in [0.2, 0.25) is 10.0 Å². The Bertz CT molecular complexity index is 515. The molecular formula is C10H15BrN2O3S. The molecule has 1 aromatic carbocycles. The van der Waals surface area contributed by atoms with Crippen LogP contribution in [0.4, 0.5) is 5.69 Å². The first-order chi connectivity index (χ1) is 7.74. The Balaban J connectivity index is 3.15. The zero-order valence-corrected chi connectivity index (χ0v) is 12.0. The average molecular weight is 323 g/mol. The third-order valence-corrected chi connectivity index (χ3v) is 4.23. The number of sulfonamides is 1. The van der Waals surface area contributed by atoms with E-state index in [2.05, 4.69) is 20.7 Å². The Morgan fingerprint density at radius 2 is 2.12 bits per heavy atom. The second kappa shape index (κ2) is 5.34. The molecule has 1 unspecified atom stereocenters. The number of anilines is 1. The summed E-state index contributed by atoms with van der Waals surface area (Å²) in [7, 11) is -3.65. The maximum Gasteiger partial charge on any atom is 0.241 e. The number of nitrogen functional groups attached to an aromatic ring is 1.